The molecule has 1 atom stereocenters. The van der Waals surface area contributed by atoms with Gasteiger partial charge in [0, 0.05) is 53.2 Å². The number of hydrogen-bond acceptors (Lipinski definition) is 5. The van der Waals surface area contributed by atoms with E-state index in [0.29, 0.717) is 23.6 Å². The third kappa shape index (κ3) is 4.39. The Hall–Kier alpha value is -3.19. The van der Waals surface area contributed by atoms with Crippen molar-refractivity contribution in [3.05, 3.63) is 59.0 Å². The van der Waals surface area contributed by atoms with E-state index in [1.165, 1.54) is 0 Å². The number of carbonyl (C=O) groups is 1. The Morgan fingerprint density at radius 1 is 1.06 bits per heavy atom. The van der Waals surface area contributed by atoms with Crippen LogP contribution in [0.2, 0.25) is 0 Å². The Morgan fingerprint density at radius 2 is 1.88 bits per heavy atom. The van der Waals surface area contributed by atoms with Crippen LogP contribution in [0.1, 0.15) is 32.1 Å². The minimum Gasteiger partial charge on any atom is -0.382 e. The van der Waals surface area contributed by atoms with Crippen molar-refractivity contribution in [3.8, 4) is 0 Å². The number of benzene rings is 1. The van der Waals surface area contributed by atoms with Crippen molar-refractivity contribution >= 4 is 33.4 Å². The second-order valence-corrected chi connectivity index (χ2v) is 8.83. The molecule has 5 rings (SSSR count). The van der Waals surface area contributed by atoms with Gasteiger partial charge in [-0.15, -0.1) is 0 Å². The Balaban J connectivity index is 1.24. The standard InChI is InChI=1S/C25H29N5O2/c31-22(28-17-6-2-1-3-7-17)16-30-14-11-18(12-15-30)27-21-10-13-26-24-23(21)19-8-4-5-9-20(19)25(32)29-24/h1-2,4-5,8-10,13,17-18H,3,6-7,11-12,14-16H2,(H,28,31)(H2,26,27,29,32). The summed E-state index contributed by atoms with van der Waals surface area (Å²) < 4.78 is 0. The lowest BCUT2D eigenvalue weighted by molar-refractivity contribution is -0.123. The Bertz CT molecular complexity index is 1210. The molecular formula is C25H29N5O2. The van der Waals surface area contributed by atoms with Gasteiger partial charge in [0.1, 0.15) is 5.65 Å². The van der Waals surface area contributed by atoms with E-state index in [1.807, 2.05) is 30.3 Å². The zero-order valence-corrected chi connectivity index (χ0v) is 18.1. The number of aromatic nitrogens is 2. The number of fused-ring (bicyclic) bond motifs is 3. The van der Waals surface area contributed by atoms with Crippen molar-refractivity contribution in [2.24, 2.45) is 0 Å². The number of hydrogen-bond donors (Lipinski definition) is 3. The van der Waals surface area contributed by atoms with Crippen molar-refractivity contribution < 1.29 is 4.79 Å². The van der Waals surface area contributed by atoms with E-state index >= 15 is 0 Å². The van der Waals surface area contributed by atoms with Crippen molar-refractivity contribution in [1.29, 1.82) is 0 Å². The summed E-state index contributed by atoms with van der Waals surface area (Å²) in [4.78, 5) is 34.3. The Labute approximate surface area is 186 Å². The number of nitrogens with zero attached hydrogens (tertiary/aromatic N) is 2. The summed E-state index contributed by atoms with van der Waals surface area (Å²) in [5.41, 5.74) is 1.47. The van der Waals surface area contributed by atoms with Crippen molar-refractivity contribution in [2.75, 3.05) is 25.0 Å². The average molecular weight is 432 g/mol. The number of carbonyl (C=O) groups excluding carboxylic acids is 1. The molecule has 1 aliphatic heterocycles. The highest BCUT2D eigenvalue weighted by Gasteiger charge is 2.23. The molecule has 1 unspecified atom stereocenters. The molecule has 0 radical (unpaired) electrons. The minimum atomic E-state index is -0.117. The van der Waals surface area contributed by atoms with Crippen LogP contribution in [0, 0.1) is 0 Å². The fourth-order valence-electron chi connectivity index (χ4n) is 4.88. The van der Waals surface area contributed by atoms with E-state index in [9.17, 15) is 9.59 Å². The summed E-state index contributed by atoms with van der Waals surface area (Å²) in [5.74, 6) is 0.132. The number of amides is 1. The molecule has 3 N–H and O–H groups in total. The highest BCUT2D eigenvalue weighted by Crippen LogP contribution is 2.28. The van der Waals surface area contributed by atoms with Gasteiger partial charge in [-0.25, -0.2) is 4.98 Å². The van der Waals surface area contributed by atoms with Gasteiger partial charge in [0.25, 0.3) is 5.56 Å². The maximum absolute atomic E-state index is 12.4. The van der Waals surface area contributed by atoms with Gasteiger partial charge in [-0.2, -0.15) is 0 Å². The molecule has 0 spiro atoms. The van der Waals surface area contributed by atoms with Gasteiger partial charge >= 0.3 is 0 Å². The van der Waals surface area contributed by atoms with Crippen LogP contribution < -0.4 is 16.2 Å². The van der Waals surface area contributed by atoms with Crippen LogP contribution >= 0.6 is 0 Å². The van der Waals surface area contributed by atoms with E-state index in [-0.39, 0.29) is 17.5 Å². The highest BCUT2D eigenvalue weighted by atomic mass is 16.2. The average Bonchev–Trinajstić information content (AvgIpc) is 2.81. The van der Waals surface area contributed by atoms with Gasteiger partial charge in [0.15, 0.2) is 0 Å². The monoisotopic (exact) mass is 431 g/mol. The number of allylic oxidation sites excluding steroid dienone is 1. The van der Waals surface area contributed by atoms with Crippen LogP contribution in [0.15, 0.2) is 53.5 Å². The summed E-state index contributed by atoms with van der Waals surface area (Å²) in [6, 6.07) is 10.2. The number of piperidine rings is 1. The molecule has 0 saturated carbocycles. The molecule has 1 aromatic carbocycles. The number of aromatic amines is 1. The first kappa shape index (κ1) is 20.7. The first-order valence-corrected chi connectivity index (χ1v) is 11.5. The molecule has 1 amide bonds. The van der Waals surface area contributed by atoms with E-state index in [0.717, 1.165) is 61.7 Å². The minimum absolute atomic E-state index is 0.117. The van der Waals surface area contributed by atoms with Crippen LogP contribution in [-0.4, -0.2) is 52.5 Å². The molecule has 3 heterocycles. The molecule has 1 saturated heterocycles. The van der Waals surface area contributed by atoms with Gasteiger partial charge in [0.05, 0.1) is 6.54 Å². The molecule has 7 nitrogen and oxygen atoms in total. The smallest absolute Gasteiger partial charge is 0.257 e. The van der Waals surface area contributed by atoms with Crippen LogP contribution in [-0.2, 0) is 4.79 Å². The number of H-pyrrole nitrogens is 1. The van der Waals surface area contributed by atoms with Crippen molar-refractivity contribution in [3.63, 3.8) is 0 Å². The fraction of sp³-hybridized carbons (Fsp3) is 0.400. The molecule has 2 aromatic heterocycles. The first-order valence-electron chi connectivity index (χ1n) is 11.5. The Kier molecular flexibility index (Phi) is 5.90. The first-order chi connectivity index (χ1) is 15.7. The highest BCUT2D eigenvalue weighted by molar-refractivity contribution is 6.10. The predicted octanol–water partition coefficient (Wildman–Crippen LogP) is 3.18. The maximum Gasteiger partial charge on any atom is 0.257 e. The van der Waals surface area contributed by atoms with Gasteiger partial charge in [-0.05, 0) is 44.2 Å². The maximum atomic E-state index is 12.4. The zero-order chi connectivity index (χ0) is 21.9. The second kappa shape index (κ2) is 9.12. The fourth-order valence-corrected chi connectivity index (χ4v) is 4.88. The molecule has 1 aliphatic carbocycles. The third-order valence-electron chi connectivity index (χ3n) is 6.57. The topological polar surface area (TPSA) is 90.1 Å². The molecule has 0 bridgehead atoms. The molecule has 7 heteroatoms. The molecular weight excluding hydrogens is 402 g/mol. The Morgan fingerprint density at radius 3 is 2.66 bits per heavy atom. The summed E-state index contributed by atoms with van der Waals surface area (Å²) in [6.07, 6.45) is 11.0. The van der Waals surface area contributed by atoms with Crippen LogP contribution in [0.25, 0.3) is 21.8 Å². The molecule has 166 valence electrons. The van der Waals surface area contributed by atoms with E-state index in [1.54, 1.807) is 6.20 Å². The summed E-state index contributed by atoms with van der Waals surface area (Å²) >= 11 is 0. The van der Waals surface area contributed by atoms with Gasteiger partial charge < -0.3 is 15.6 Å². The number of pyridine rings is 2. The number of anilines is 1. The molecule has 32 heavy (non-hydrogen) atoms. The largest absolute Gasteiger partial charge is 0.382 e. The normalized spacial score (nSPS) is 19.9. The van der Waals surface area contributed by atoms with E-state index < -0.39 is 0 Å². The van der Waals surface area contributed by atoms with E-state index in [2.05, 4.69) is 37.7 Å². The lowest BCUT2D eigenvalue weighted by Gasteiger charge is -2.33. The van der Waals surface area contributed by atoms with Crippen LogP contribution in [0.3, 0.4) is 0 Å². The van der Waals surface area contributed by atoms with Crippen LogP contribution in [0.4, 0.5) is 5.69 Å². The third-order valence-corrected chi connectivity index (χ3v) is 6.57. The molecule has 2 aliphatic rings. The number of rotatable bonds is 5. The van der Waals surface area contributed by atoms with Gasteiger partial charge in [-0.3, -0.25) is 14.5 Å². The quantitative estimate of drug-likeness (QED) is 0.426. The van der Waals surface area contributed by atoms with Crippen molar-refractivity contribution in [1.82, 2.24) is 20.2 Å². The van der Waals surface area contributed by atoms with Crippen molar-refractivity contribution in [2.45, 2.75) is 44.2 Å². The predicted molar refractivity (Wildman–Crippen MR) is 128 cm³/mol. The SMILES string of the molecule is O=C(CN1CCC(Nc2ccnc3[nH]c(=O)c4ccccc4c23)CC1)NC1CC=CCC1. The summed E-state index contributed by atoms with van der Waals surface area (Å²) in [7, 11) is 0. The van der Waals surface area contributed by atoms with Gasteiger partial charge in [-0.1, -0.05) is 30.4 Å². The van der Waals surface area contributed by atoms with Crippen LogP contribution in [0.5, 0.6) is 0 Å². The van der Waals surface area contributed by atoms with Gasteiger partial charge in [0.2, 0.25) is 5.91 Å². The lowest BCUT2D eigenvalue weighted by atomic mass is 10.0. The summed E-state index contributed by atoms with van der Waals surface area (Å²) in [5, 5.41) is 9.39. The number of nitrogens with one attached hydrogen (secondary N) is 3. The second-order valence-electron chi connectivity index (χ2n) is 8.83. The molecule has 3 aromatic rings. The zero-order valence-electron chi connectivity index (χ0n) is 18.1. The number of likely N-dealkylation sites (tertiary alicyclic amines) is 1. The molecule has 1 fully saturated rings. The summed E-state index contributed by atoms with van der Waals surface area (Å²) in [6.45, 7) is 2.24. The van der Waals surface area contributed by atoms with E-state index in [4.69, 9.17) is 0 Å². The lowest BCUT2D eigenvalue weighted by Crippen LogP contribution is -2.46.